The first-order chi connectivity index (χ1) is 9.22. The van der Waals surface area contributed by atoms with Crippen molar-refractivity contribution in [3.8, 4) is 29.5 Å². The minimum atomic E-state index is -0.741. The second kappa shape index (κ2) is 5.98. The molecule has 1 aromatic heterocycles. The molecule has 4 nitrogen and oxygen atoms in total. The molecule has 0 saturated heterocycles. The van der Waals surface area contributed by atoms with Gasteiger partial charge in [-0.3, -0.25) is 0 Å². The van der Waals surface area contributed by atoms with E-state index >= 15 is 0 Å². The maximum absolute atomic E-state index is 9.39. The summed E-state index contributed by atoms with van der Waals surface area (Å²) in [5.74, 6) is 2.29. The molecule has 1 N–H and O–H groups in total. The molecular weight excluding hydrogens is 240 g/mol. The summed E-state index contributed by atoms with van der Waals surface area (Å²) >= 11 is 0. The summed E-state index contributed by atoms with van der Waals surface area (Å²) < 4.78 is 4.91. The lowest BCUT2D eigenvalue weighted by Gasteiger charge is -2.06. The minimum absolute atomic E-state index is 0.345. The normalized spacial score (nSPS) is 11.6. The largest absolute Gasteiger partial charge is 0.467 e. The Morgan fingerprint density at radius 3 is 2.37 bits per heavy atom. The number of methoxy groups -OCH3 is 1. The molecule has 0 fully saturated rings. The fourth-order valence-corrected chi connectivity index (χ4v) is 1.69. The van der Waals surface area contributed by atoms with Crippen molar-refractivity contribution >= 4 is 0 Å². The highest BCUT2D eigenvalue weighted by Crippen LogP contribution is 2.19. The maximum atomic E-state index is 9.39. The number of hydrogen-bond acceptors (Lipinski definition) is 4. The molecule has 0 spiro atoms. The van der Waals surface area contributed by atoms with Crippen LogP contribution in [0.1, 0.15) is 5.56 Å². The molecule has 1 heterocycles. The number of aromatic nitrogens is 2. The average Bonchev–Trinajstić information content (AvgIpc) is 2.48. The predicted octanol–water partition coefficient (Wildman–Crippen LogP) is 1.69. The van der Waals surface area contributed by atoms with Crippen LogP contribution in [0, 0.1) is 12.3 Å². The van der Waals surface area contributed by atoms with Crippen LogP contribution in [-0.2, 0) is 6.42 Å². The van der Waals surface area contributed by atoms with Gasteiger partial charge in [0.1, 0.15) is 6.10 Å². The zero-order chi connectivity index (χ0) is 13.7. The van der Waals surface area contributed by atoms with Crippen molar-refractivity contribution in [3.05, 3.63) is 42.2 Å². The fraction of sp³-hybridized carbons (Fsp3) is 0.200. The Balaban J connectivity index is 2.15. The molecule has 0 radical (unpaired) electrons. The van der Waals surface area contributed by atoms with Gasteiger partial charge in [-0.1, -0.05) is 30.2 Å². The zero-order valence-electron chi connectivity index (χ0n) is 10.6. The summed E-state index contributed by atoms with van der Waals surface area (Å²) in [6, 6.07) is 8.10. The molecular formula is C15H14N2O2. The fourth-order valence-electron chi connectivity index (χ4n) is 1.69. The molecule has 19 heavy (non-hydrogen) atoms. The summed E-state index contributed by atoms with van der Waals surface area (Å²) in [6.45, 7) is 0. The van der Waals surface area contributed by atoms with Crippen LogP contribution in [0.15, 0.2) is 36.7 Å². The molecule has 0 saturated carbocycles. The molecule has 0 aliphatic rings. The molecule has 96 valence electrons. The highest BCUT2D eigenvalue weighted by molar-refractivity contribution is 5.61. The van der Waals surface area contributed by atoms with Crippen molar-refractivity contribution in [2.75, 3.05) is 7.11 Å². The summed E-state index contributed by atoms with van der Waals surface area (Å²) in [7, 11) is 1.53. The summed E-state index contributed by atoms with van der Waals surface area (Å²) in [5.41, 5.74) is 2.90. The van der Waals surface area contributed by atoms with E-state index in [9.17, 15) is 5.11 Å². The Labute approximate surface area is 112 Å². The summed E-state index contributed by atoms with van der Waals surface area (Å²) in [5, 5.41) is 9.39. The van der Waals surface area contributed by atoms with E-state index in [1.54, 1.807) is 12.4 Å². The smallest absolute Gasteiger partial charge is 0.316 e. The van der Waals surface area contributed by atoms with Gasteiger partial charge in [-0.05, 0) is 11.1 Å². The molecule has 2 aromatic rings. The molecule has 1 unspecified atom stereocenters. The molecule has 4 heteroatoms. The van der Waals surface area contributed by atoms with E-state index in [1.165, 1.54) is 7.11 Å². The lowest BCUT2D eigenvalue weighted by molar-refractivity contribution is 0.233. The van der Waals surface area contributed by atoms with Gasteiger partial charge in [0.05, 0.1) is 7.11 Å². The van der Waals surface area contributed by atoms with E-state index in [4.69, 9.17) is 11.2 Å². The highest BCUT2D eigenvalue weighted by atomic mass is 16.5. The Morgan fingerprint density at radius 1 is 1.21 bits per heavy atom. The van der Waals surface area contributed by atoms with Crippen molar-refractivity contribution in [1.82, 2.24) is 9.97 Å². The first kappa shape index (κ1) is 13.1. The Bertz CT molecular complexity index is 571. The number of hydrogen-bond donors (Lipinski definition) is 1. The van der Waals surface area contributed by atoms with Crippen LogP contribution in [0.4, 0.5) is 0 Å². The number of nitrogens with zero attached hydrogens (tertiary/aromatic N) is 2. The van der Waals surface area contributed by atoms with Crippen LogP contribution in [0.2, 0.25) is 0 Å². The second-order valence-corrected chi connectivity index (χ2v) is 4.04. The van der Waals surface area contributed by atoms with Gasteiger partial charge in [0.25, 0.3) is 0 Å². The highest BCUT2D eigenvalue weighted by Gasteiger charge is 2.03. The topological polar surface area (TPSA) is 55.2 Å². The molecule has 1 atom stereocenters. The number of benzene rings is 1. The third-order valence-corrected chi connectivity index (χ3v) is 2.72. The van der Waals surface area contributed by atoms with E-state index < -0.39 is 6.10 Å². The lowest BCUT2D eigenvalue weighted by atomic mass is 10.0. The maximum Gasteiger partial charge on any atom is 0.316 e. The van der Waals surface area contributed by atoms with E-state index in [0.717, 1.165) is 16.7 Å². The van der Waals surface area contributed by atoms with Gasteiger partial charge >= 0.3 is 6.01 Å². The van der Waals surface area contributed by atoms with Crippen molar-refractivity contribution in [1.29, 1.82) is 0 Å². The van der Waals surface area contributed by atoms with Gasteiger partial charge < -0.3 is 9.84 Å². The van der Waals surface area contributed by atoms with Crippen LogP contribution in [0.3, 0.4) is 0 Å². The monoisotopic (exact) mass is 254 g/mol. The Hall–Kier alpha value is -2.38. The van der Waals surface area contributed by atoms with Crippen LogP contribution >= 0.6 is 0 Å². The molecule has 0 bridgehead atoms. The van der Waals surface area contributed by atoms with Crippen molar-refractivity contribution in [2.24, 2.45) is 0 Å². The first-order valence-corrected chi connectivity index (χ1v) is 5.82. The summed E-state index contributed by atoms with van der Waals surface area (Å²) in [6.07, 6.45) is 8.26. The third-order valence-electron chi connectivity index (χ3n) is 2.72. The quantitative estimate of drug-likeness (QED) is 0.844. The number of terminal acetylenes is 1. The van der Waals surface area contributed by atoms with E-state index in [1.807, 2.05) is 24.3 Å². The van der Waals surface area contributed by atoms with Crippen LogP contribution in [0.5, 0.6) is 6.01 Å². The molecule has 0 aliphatic heterocycles. The van der Waals surface area contributed by atoms with Gasteiger partial charge in [-0.25, -0.2) is 9.97 Å². The molecule has 2 rings (SSSR count). The molecule has 1 aromatic carbocycles. The van der Waals surface area contributed by atoms with E-state index in [0.29, 0.717) is 12.4 Å². The minimum Gasteiger partial charge on any atom is -0.467 e. The van der Waals surface area contributed by atoms with E-state index in [-0.39, 0.29) is 0 Å². The third kappa shape index (κ3) is 3.30. The zero-order valence-corrected chi connectivity index (χ0v) is 10.6. The van der Waals surface area contributed by atoms with E-state index in [2.05, 4.69) is 15.9 Å². The lowest BCUT2D eigenvalue weighted by Crippen LogP contribution is -2.06. The standard InChI is InChI=1S/C15H14N2O2/c1-3-14(18)8-11-4-6-12(7-5-11)13-9-16-15(19-2)17-10-13/h1,4-7,9-10,14,18H,8H2,2H3. The SMILES string of the molecule is C#CC(O)Cc1ccc(-c2cnc(OC)nc2)cc1. The Morgan fingerprint density at radius 2 is 1.84 bits per heavy atom. The first-order valence-electron chi connectivity index (χ1n) is 5.82. The van der Waals surface area contributed by atoms with Gasteiger partial charge in [0, 0.05) is 24.4 Å². The molecule has 0 aliphatic carbocycles. The number of rotatable bonds is 4. The van der Waals surface area contributed by atoms with Crippen LogP contribution in [0.25, 0.3) is 11.1 Å². The van der Waals surface area contributed by atoms with Gasteiger partial charge in [-0.15, -0.1) is 6.42 Å². The van der Waals surface area contributed by atoms with Crippen molar-refractivity contribution in [2.45, 2.75) is 12.5 Å². The number of aliphatic hydroxyl groups excluding tert-OH is 1. The van der Waals surface area contributed by atoms with Crippen molar-refractivity contribution in [3.63, 3.8) is 0 Å². The van der Waals surface area contributed by atoms with Crippen LogP contribution in [-0.4, -0.2) is 28.3 Å². The summed E-state index contributed by atoms with van der Waals surface area (Å²) in [4.78, 5) is 8.12. The predicted molar refractivity (Wildman–Crippen MR) is 72.6 cm³/mol. The Kier molecular flexibility index (Phi) is 4.11. The van der Waals surface area contributed by atoms with Crippen molar-refractivity contribution < 1.29 is 9.84 Å². The molecule has 0 amide bonds. The van der Waals surface area contributed by atoms with Crippen LogP contribution < -0.4 is 4.74 Å². The average molecular weight is 254 g/mol. The van der Waals surface area contributed by atoms with Gasteiger partial charge in [0.15, 0.2) is 0 Å². The number of ether oxygens (including phenoxy) is 1. The second-order valence-electron chi connectivity index (χ2n) is 4.04. The van der Waals surface area contributed by atoms with Gasteiger partial charge in [0.2, 0.25) is 0 Å². The van der Waals surface area contributed by atoms with Gasteiger partial charge in [-0.2, -0.15) is 0 Å². The number of aliphatic hydroxyl groups is 1.